The number of nitrogens with zero attached hydrogens (tertiary/aromatic N) is 1. The first-order valence-electron chi connectivity index (χ1n) is 4.89. The third-order valence-electron chi connectivity index (χ3n) is 1.93. The first-order valence-corrected chi connectivity index (χ1v) is 4.89. The molecule has 0 unspecified atom stereocenters. The maximum atomic E-state index is 5.53. The summed E-state index contributed by atoms with van der Waals surface area (Å²) in [6.07, 6.45) is 3.40. The molecule has 0 spiro atoms. The zero-order chi connectivity index (χ0) is 10.4. The Bertz CT molecular complexity index is 289. The number of nitrogens with two attached hydrogens (primary N) is 2. The van der Waals surface area contributed by atoms with Gasteiger partial charge in [0.25, 0.3) is 0 Å². The Hall–Kier alpha value is -1.45. The molecule has 0 aliphatic carbocycles. The van der Waals surface area contributed by atoms with E-state index in [-0.39, 0.29) is 0 Å². The van der Waals surface area contributed by atoms with Gasteiger partial charge in [-0.1, -0.05) is 19.8 Å². The molecule has 78 valence electrons. The Kier molecular flexibility index (Phi) is 4.04. The molecule has 0 fully saturated rings. The maximum absolute atomic E-state index is 5.53. The molecule has 0 bridgehead atoms. The normalized spacial score (nSPS) is 10.1. The van der Waals surface area contributed by atoms with E-state index in [1.165, 1.54) is 12.8 Å². The third kappa shape index (κ3) is 3.12. The van der Waals surface area contributed by atoms with Crippen LogP contribution in [0.25, 0.3) is 0 Å². The van der Waals surface area contributed by atoms with Crippen LogP contribution >= 0.6 is 0 Å². The minimum Gasteiger partial charge on any atom is -0.478 e. The van der Waals surface area contributed by atoms with Crippen molar-refractivity contribution in [3.8, 4) is 5.88 Å². The summed E-state index contributed by atoms with van der Waals surface area (Å²) in [5, 5.41) is 0. The number of hydrogen-bond acceptors (Lipinski definition) is 4. The summed E-state index contributed by atoms with van der Waals surface area (Å²) in [7, 11) is 0. The van der Waals surface area contributed by atoms with Crippen molar-refractivity contribution in [2.75, 3.05) is 18.1 Å². The predicted octanol–water partition coefficient (Wildman–Crippen LogP) is 1.81. The van der Waals surface area contributed by atoms with Gasteiger partial charge in [-0.05, 0) is 12.5 Å². The Labute approximate surface area is 84.3 Å². The molecule has 0 saturated carbocycles. The largest absolute Gasteiger partial charge is 0.478 e. The summed E-state index contributed by atoms with van der Waals surface area (Å²) in [4.78, 5) is 4.00. The molecule has 0 saturated heterocycles. The number of ether oxygens (including phenoxy) is 1. The molecule has 0 radical (unpaired) electrons. The number of hydrogen-bond donors (Lipinski definition) is 2. The summed E-state index contributed by atoms with van der Waals surface area (Å²) in [5.74, 6) is 0.880. The van der Waals surface area contributed by atoms with Gasteiger partial charge in [0.2, 0.25) is 5.88 Å². The zero-order valence-corrected chi connectivity index (χ0v) is 8.49. The summed E-state index contributed by atoms with van der Waals surface area (Å²) in [6, 6.07) is 3.44. The van der Waals surface area contributed by atoms with E-state index in [0.29, 0.717) is 24.0 Å². The highest BCUT2D eigenvalue weighted by Crippen LogP contribution is 2.16. The van der Waals surface area contributed by atoms with Crippen LogP contribution < -0.4 is 16.2 Å². The van der Waals surface area contributed by atoms with Gasteiger partial charge in [-0.2, -0.15) is 4.98 Å². The van der Waals surface area contributed by atoms with Crippen LogP contribution in [0.2, 0.25) is 0 Å². The van der Waals surface area contributed by atoms with Crippen molar-refractivity contribution in [1.29, 1.82) is 0 Å². The number of unbranched alkanes of at least 4 members (excludes halogenated alkanes) is 2. The van der Waals surface area contributed by atoms with E-state index in [1.54, 1.807) is 12.1 Å². The van der Waals surface area contributed by atoms with E-state index in [1.807, 2.05) is 0 Å². The fraction of sp³-hybridized carbons (Fsp3) is 0.500. The van der Waals surface area contributed by atoms with E-state index in [2.05, 4.69) is 11.9 Å². The Morgan fingerprint density at radius 3 is 2.71 bits per heavy atom. The van der Waals surface area contributed by atoms with Gasteiger partial charge < -0.3 is 16.2 Å². The standard InChI is InChI=1S/C10H17N3O/c1-2-3-4-7-14-9-6-5-8(11)10(12)13-9/h5-6H,2-4,7,11H2,1H3,(H2,12,13). The van der Waals surface area contributed by atoms with Gasteiger partial charge in [-0.3, -0.25) is 0 Å². The van der Waals surface area contributed by atoms with E-state index in [4.69, 9.17) is 16.2 Å². The van der Waals surface area contributed by atoms with Crippen LogP contribution in [0.3, 0.4) is 0 Å². The van der Waals surface area contributed by atoms with E-state index in [0.717, 1.165) is 6.42 Å². The summed E-state index contributed by atoms with van der Waals surface area (Å²) in [6.45, 7) is 2.84. The van der Waals surface area contributed by atoms with E-state index in [9.17, 15) is 0 Å². The van der Waals surface area contributed by atoms with Crippen molar-refractivity contribution >= 4 is 11.5 Å². The van der Waals surface area contributed by atoms with Crippen LogP contribution in [0.4, 0.5) is 11.5 Å². The van der Waals surface area contributed by atoms with Crippen molar-refractivity contribution in [3.05, 3.63) is 12.1 Å². The number of rotatable bonds is 5. The minimum absolute atomic E-state index is 0.331. The minimum atomic E-state index is 0.331. The molecule has 1 heterocycles. The topological polar surface area (TPSA) is 74.2 Å². The molecular formula is C10H17N3O. The monoisotopic (exact) mass is 195 g/mol. The fourth-order valence-electron chi connectivity index (χ4n) is 1.08. The molecule has 4 heteroatoms. The van der Waals surface area contributed by atoms with E-state index < -0.39 is 0 Å². The number of aromatic nitrogens is 1. The lowest BCUT2D eigenvalue weighted by Crippen LogP contribution is -2.02. The highest BCUT2D eigenvalue weighted by atomic mass is 16.5. The van der Waals surface area contributed by atoms with Gasteiger partial charge in [0.15, 0.2) is 5.82 Å². The van der Waals surface area contributed by atoms with Crippen LogP contribution in [0.1, 0.15) is 26.2 Å². The lowest BCUT2D eigenvalue weighted by Gasteiger charge is -2.06. The van der Waals surface area contributed by atoms with Crippen molar-refractivity contribution in [1.82, 2.24) is 4.98 Å². The van der Waals surface area contributed by atoms with Crippen molar-refractivity contribution < 1.29 is 4.74 Å². The van der Waals surface area contributed by atoms with Gasteiger partial charge in [0.1, 0.15) is 0 Å². The van der Waals surface area contributed by atoms with Crippen LogP contribution in [-0.2, 0) is 0 Å². The first-order chi connectivity index (χ1) is 6.74. The SMILES string of the molecule is CCCCCOc1ccc(N)c(N)n1. The van der Waals surface area contributed by atoms with Crippen molar-refractivity contribution in [3.63, 3.8) is 0 Å². The number of anilines is 2. The molecule has 0 atom stereocenters. The molecule has 14 heavy (non-hydrogen) atoms. The molecule has 0 aromatic carbocycles. The third-order valence-corrected chi connectivity index (χ3v) is 1.93. The van der Waals surface area contributed by atoms with Gasteiger partial charge >= 0.3 is 0 Å². The maximum Gasteiger partial charge on any atom is 0.215 e. The summed E-state index contributed by atoms with van der Waals surface area (Å²) < 4.78 is 5.40. The summed E-state index contributed by atoms with van der Waals surface area (Å²) >= 11 is 0. The molecular weight excluding hydrogens is 178 g/mol. The second kappa shape index (κ2) is 5.32. The molecule has 1 aromatic heterocycles. The molecule has 0 amide bonds. The van der Waals surface area contributed by atoms with Crippen LogP contribution in [-0.4, -0.2) is 11.6 Å². The predicted molar refractivity (Wildman–Crippen MR) is 58.1 cm³/mol. The molecule has 4 nitrogen and oxygen atoms in total. The summed E-state index contributed by atoms with van der Waals surface area (Å²) in [5.41, 5.74) is 11.5. The molecule has 1 rings (SSSR count). The highest BCUT2D eigenvalue weighted by Gasteiger charge is 1.99. The second-order valence-corrected chi connectivity index (χ2v) is 3.18. The molecule has 4 N–H and O–H groups in total. The van der Waals surface area contributed by atoms with Crippen molar-refractivity contribution in [2.45, 2.75) is 26.2 Å². The zero-order valence-electron chi connectivity index (χ0n) is 8.49. The Morgan fingerprint density at radius 2 is 2.07 bits per heavy atom. The lowest BCUT2D eigenvalue weighted by molar-refractivity contribution is 0.295. The average Bonchev–Trinajstić information content (AvgIpc) is 2.18. The van der Waals surface area contributed by atoms with Crippen molar-refractivity contribution in [2.24, 2.45) is 0 Å². The molecule has 1 aromatic rings. The van der Waals surface area contributed by atoms with Gasteiger partial charge in [0.05, 0.1) is 12.3 Å². The fourth-order valence-corrected chi connectivity index (χ4v) is 1.08. The van der Waals surface area contributed by atoms with Gasteiger partial charge in [-0.25, -0.2) is 0 Å². The second-order valence-electron chi connectivity index (χ2n) is 3.18. The van der Waals surface area contributed by atoms with Crippen LogP contribution in [0.15, 0.2) is 12.1 Å². The Balaban J connectivity index is 2.39. The van der Waals surface area contributed by atoms with Gasteiger partial charge in [0, 0.05) is 6.07 Å². The van der Waals surface area contributed by atoms with E-state index >= 15 is 0 Å². The molecule has 0 aliphatic rings. The first kappa shape index (κ1) is 10.6. The number of pyridine rings is 1. The Morgan fingerprint density at radius 1 is 1.29 bits per heavy atom. The number of nitrogen functional groups attached to an aromatic ring is 2. The highest BCUT2D eigenvalue weighted by molar-refractivity contribution is 5.58. The smallest absolute Gasteiger partial charge is 0.215 e. The molecule has 0 aliphatic heterocycles. The quantitative estimate of drug-likeness (QED) is 0.703. The van der Waals surface area contributed by atoms with Crippen LogP contribution in [0.5, 0.6) is 5.88 Å². The van der Waals surface area contributed by atoms with Gasteiger partial charge in [-0.15, -0.1) is 0 Å². The average molecular weight is 195 g/mol. The van der Waals surface area contributed by atoms with Crippen LogP contribution in [0, 0.1) is 0 Å². The lowest BCUT2D eigenvalue weighted by atomic mass is 10.3.